The first kappa shape index (κ1) is 23.0. The molecule has 0 radical (unpaired) electrons. The molecule has 2 atom stereocenters. The summed E-state index contributed by atoms with van der Waals surface area (Å²) >= 11 is 0. The van der Waals surface area contributed by atoms with Crippen molar-refractivity contribution >= 4 is 5.78 Å². The maximum atomic E-state index is 14.7. The molecule has 0 fully saturated rings. The van der Waals surface area contributed by atoms with E-state index < -0.39 is 17.8 Å². The van der Waals surface area contributed by atoms with Crippen molar-refractivity contribution in [3.8, 4) is 11.5 Å². The van der Waals surface area contributed by atoms with E-state index in [4.69, 9.17) is 4.74 Å². The van der Waals surface area contributed by atoms with Crippen LogP contribution < -0.4 is 4.74 Å². The van der Waals surface area contributed by atoms with Crippen molar-refractivity contribution in [1.82, 2.24) is 0 Å². The van der Waals surface area contributed by atoms with Crippen LogP contribution in [0.1, 0.15) is 80.1 Å². The lowest BCUT2D eigenvalue weighted by atomic mass is 9.75. The number of ether oxygens (including phenoxy) is 1. The highest BCUT2D eigenvalue weighted by atomic mass is 19.1. The van der Waals surface area contributed by atoms with Crippen LogP contribution in [-0.4, -0.2) is 17.0 Å². The summed E-state index contributed by atoms with van der Waals surface area (Å²) in [5.41, 5.74) is 2.93. The van der Waals surface area contributed by atoms with Gasteiger partial charge in [-0.3, -0.25) is 4.79 Å². The highest BCUT2D eigenvalue weighted by Crippen LogP contribution is 2.48. The smallest absolute Gasteiger partial charge is 0.204 e. The van der Waals surface area contributed by atoms with Gasteiger partial charge in [0.2, 0.25) is 5.78 Å². The van der Waals surface area contributed by atoms with Gasteiger partial charge in [0, 0.05) is 11.1 Å². The van der Waals surface area contributed by atoms with Gasteiger partial charge < -0.3 is 9.84 Å². The third-order valence-electron chi connectivity index (χ3n) is 6.30. The average molecular weight is 447 g/mol. The minimum Gasteiger partial charge on any atom is -0.507 e. The van der Waals surface area contributed by atoms with Crippen LogP contribution in [0, 0.1) is 5.82 Å². The SMILES string of the molecule is CC(C)(C)c1cc([C@H]2c3cccc(F)c3O[C@@H]2C(=O)c2ccccc2)cc(C(C)(C)C)c1O. The fraction of sp³-hybridized carbons (Fsp3) is 0.345. The van der Waals surface area contributed by atoms with Crippen LogP contribution >= 0.6 is 0 Å². The molecule has 1 aliphatic heterocycles. The van der Waals surface area contributed by atoms with Crippen molar-refractivity contribution in [2.75, 3.05) is 0 Å². The van der Waals surface area contributed by atoms with E-state index in [2.05, 4.69) is 0 Å². The molecule has 1 aliphatic rings. The predicted octanol–water partition coefficient (Wildman–Crippen LogP) is 6.90. The second kappa shape index (κ2) is 8.02. The second-order valence-corrected chi connectivity index (χ2v) is 10.9. The summed E-state index contributed by atoms with van der Waals surface area (Å²) in [6, 6.07) is 17.7. The van der Waals surface area contributed by atoms with E-state index in [9.17, 15) is 14.3 Å². The van der Waals surface area contributed by atoms with Crippen LogP contribution in [0.4, 0.5) is 4.39 Å². The van der Waals surface area contributed by atoms with E-state index in [1.165, 1.54) is 6.07 Å². The number of carbonyl (C=O) groups excluding carboxylic acids is 1. The first-order chi connectivity index (χ1) is 15.4. The lowest BCUT2D eigenvalue weighted by Gasteiger charge is -2.30. The number of Topliss-reactive ketones (excluding diaryl/α,β-unsaturated/α-hetero) is 1. The first-order valence-corrected chi connectivity index (χ1v) is 11.3. The third kappa shape index (κ3) is 4.15. The lowest BCUT2D eigenvalue weighted by molar-refractivity contribution is 0.0802. The molecule has 0 spiro atoms. The van der Waals surface area contributed by atoms with Gasteiger partial charge in [0.1, 0.15) is 5.75 Å². The number of ketones is 1. The molecule has 3 aromatic carbocycles. The van der Waals surface area contributed by atoms with E-state index in [1.807, 2.05) is 65.8 Å². The Bertz CT molecular complexity index is 1160. The highest BCUT2D eigenvalue weighted by molar-refractivity contribution is 6.01. The molecule has 0 saturated heterocycles. The van der Waals surface area contributed by atoms with Gasteiger partial charge in [0.15, 0.2) is 17.7 Å². The topological polar surface area (TPSA) is 46.5 Å². The van der Waals surface area contributed by atoms with Crippen molar-refractivity contribution in [3.63, 3.8) is 0 Å². The third-order valence-corrected chi connectivity index (χ3v) is 6.30. The predicted molar refractivity (Wildman–Crippen MR) is 129 cm³/mol. The Morgan fingerprint density at radius 1 is 0.879 bits per heavy atom. The minimum absolute atomic E-state index is 0.125. The van der Waals surface area contributed by atoms with Gasteiger partial charge in [-0.25, -0.2) is 4.39 Å². The zero-order chi connectivity index (χ0) is 24.1. The number of phenols is 1. The molecule has 0 aliphatic carbocycles. The van der Waals surface area contributed by atoms with E-state index in [1.54, 1.807) is 30.3 Å². The number of halogens is 1. The molecule has 3 nitrogen and oxygen atoms in total. The van der Waals surface area contributed by atoms with Crippen molar-refractivity contribution in [1.29, 1.82) is 0 Å². The van der Waals surface area contributed by atoms with Crippen molar-refractivity contribution in [2.45, 2.75) is 64.4 Å². The first-order valence-electron chi connectivity index (χ1n) is 11.3. The second-order valence-electron chi connectivity index (χ2n) is 10.9. The molecule has 1 heterocycles. The van der Waals surface area contributed by atoms with Crippen LogP contribution in [0.15, 0.2) is 60.7 Å². The minimum atomic E-state index is -0.899. The largest absolute Gasteiger partial charge is 0.507 e. The normalized spacial score (nSPS) is 18.0. The number of hydrogen-bond acceptors (Lipinski definition) is 3. The molecular formula is C29H31FO3. The van der Waals surface area contributed by atoms with Gasteiger partial charge >= 0.3 is 0 Å². The number of aromatic hydroxyl groups is 1. The molecule has 1 N–H and O–H groups in total. The zero-order valence-electron chi connectivity index (χ0n) is 20.1. The number of phenolic OH excluding ortho intramolecular Hbond substituents is 1. The van der Waals surface area contributed by atoms with Crippen molar-refractivity contribution < 1.29 is 19.0 Å². The van der Waals surface area contributed by atoms with Gasteiger partial charge in [-0.15, -0.1) is 0 Å². The summed E-state index contributed by atoms with van der Waals surface area (Å²) in [5.74, 6) is -0.778. The Balaban J connectivity index is 1.96. The van der Waals surface area contributed by atoms with E-state index in [0.717, 1.165) is 16.7 Å². The number of rotatable bonds is 3. The molecule has 0 unspecified atom stereocenters. The van der Waals surface area contributed by atoms with Crippen molar-refractivity contribution in [2.24, 2.45) is 0 Å². The lowest BCUT2D eigenvalue weighted by Crippen LogP contribution is -2.30. The maximum Gasteiger partial charge on any atom is 0.204 e. The van der Waals surface area contributed by atoms with Gasteiger partial charge in [0.05, 0.1) is 5.92 Å². The van der Waals surface area contributed by atoms with Crippen LogP contribution in [0.3, 0.4) is 0 Å². The van der Waals surface area contributed by atoms with Crippen LogP contribution in [0.2, 0.25) is 0 Å². The summed E-state index contributed by atoms with van der Waals surface area (Å²) in [6.45, 7) is 12.3. The van der Waals surface area contributed by atoms with Crippen LogP contribution in [-0.2, 0) is 10.8 Å². The van der Waals surface area contributed by atoms with Crippen LogP contribution in [0.5, 0.6) is 11.5 Å². The maximum absolute atomic E-state index is 14.7. The Morgan fingerprint density at radius 2 is 1.45 bits per heavy atom. The van der Waals surface area contributed by atoms with Crippen molar-refractivity contribution in [3.05, 3.63) is 94.3 Å². The molecular weight excluding hydrogens is 415 g/mol. The quantitative estimate of drug-likeness (QED) is 0.445. The summed E-state index contributed by atoms with van der Waals surface area (Å²) < 4.78 is 20.8. The highest BCUT2D eigenvalue weighted by Gasteiger charge is 2.43. The number of benzene rings is 3. The summed E-state index contributed by atoms with van der Waals surface area (Å²) in [6.07, 6.45) is -0.899. The summed E-state index contributed by atoms with van der Waals surface area (Å²) in [5, 5.41) is 11.2. The van der Waals surface area contributed by atoms with E-state index in [-0.39, 0.29) is 28.1 Å². The Kier molecular flexibility index (Phi) is 5.60. The molecule has 33 heavy (non-hydrogen) atoms. The van der Waals surface area contributed by atoms with Crippen LogP contribution in [0.25, 0.3) is 0 Å². The number of hydrogen-bond donors (Lipinski definition) is 1. The fourth-order valence-corrected chi connectivity index (χ4v) is 4.56. The molecule has 4 heteroatoms. The Labute approximate surface area is 195 Å². The molecule has 3 aromatic rings. The molecule has 172 valence electrons. The van der Waals surface area contributed by atoms with E-state index >= 15 is 0 Å². The molecule has 0 amide bonds. The number of carbonyl (C=O) groups is 1. The Hall–Kier alpha value is -3.14. The zero-order valence-corrected chi connectivity index (χ0v) is 20.1. The number of fused-ring (bicyclic) bond motifs is 1. The average Bonchev–Trinajstić information content (AvgIpc) is 3.13. The molecule has 0 bridgehead atoms. The van der Waals surface area contributed by atoms with Gasteiger partial charge in [-0.1, -0.05) is 96.1 Å². The molecule has 0 aromatic heterocycles. The summed E-state index contributed by atoms with van der Waals surface area (Å²) in [7, 11) is 0. The van der Waals surface area contributed by atoms with E-state index in [0.29, 0.717) is 11.1 Å². The molecule has 0 saturated carbocycles. The monoisotopic (exact) mass is 446 g/mol. The molecule has 4 rings (SSSR count). The summed E-state index contributed by atoms with van der Waals surface area (Å²) in [4.78, 5) is 13.5. The van der Waals surface area contributed by atoms with Gasteiger partial charge in [-0.2, -0.15) is 0 Å². The Morgan fingerprint density at radius 3 is 2.00 bits per heavy atom. The van der Waals surface area contributed by atoms with Gasteiger partial charge in [0.25, 0.3) is 0 Å². The van der Waals surface area contributed by atoms with Gasteiger partial charge in [-0.05, 0) is 33.6 Å². The number of para-hydroxylation sites is 1. The fourth-order valence-electron chi connectivity index (χ4n) is 4.56. The standard InChI is InChI=1S/C29H31FO3/c1-28(2,3)20-15-18(16-21(25(20)32)29(4,5)6)23-19-13-10-14-22(30)26(19)33-27(23)24(31)17-11-8-7-9-12-17/h7-16,23,27,32H,1-6H3/t23-,27-/m0/s1.